The summed E-state index contributed by atoms with van der Waals surface area (Å²) in [5, 5.41) is 9.19. The molecule has 0 aliphatic carbocycles. The monoisotopic (exact) mass is 325 g/mol. The largest absolute Gasteiger partial charge is 0.416 e. The van der Waals surface area contributed by atoms with Gasteiger partial charge in [-0.15, -0.1) is 0 Å². The summed E-state index contributed by atoms with van der Waals surface area (Å²) in [5.41, 5.74) is -0.899. The fraction of sp³-hybridized carbons (Fsp3) is 0.538. The van der Waals surface area contributed by atoms with Crippen LogP contribution in [0.3, 0.4) is 0 Å². The van der Waals surface area contributed by atoms with Crippen LogP contribution in [0.4, 0.5) is 13.2 Å². The summed E-state index contributed by atoms with van der Waals surface area (Å²) in [5.74, 6) is -0.0887. The minimum atomic E-state index is -4.50. The van der Waals surface area contributed by atoms with Gasteiger partial charge in [0.2, 0.25) is 10.0 Å². The summed E-state index contributed by atoms with van der Waals surface area (Å²) in [7, 11) is -3.85. The summed E-state index contributed by atoms with van der Waals surface area (Å²) in [6, 6.07) is 3.30. The highest BCUT2D eigenvalue weighted by Crippen LogP contribution is 2.29. The molecule has 2 unspecified atom stereocenters. The molecule has 1 rings (SSSR count). The molecule has 1 aromatic rings. The van der Waals surface area contributed by atoms with Crippen LogP contribution in [0.15, 0.2) is 29.2 Å². The van der Waals surface area contributed by atoms with Crippen LogP contribution in [0.5, 0.6) is 0 Å². The first-order chi connectivity index (χ1) is 9.52. The van der Waals surface area contributed by atoms with Crippen molar-refractivity contribution in [3.63, 3.8) is 0 Å². The lowest BCUT2D eigenvalue weighted by molar-refractivity contribution is -0.137. The average molecular weight is 325 g/mol. The molecule has 4 nitrogen and oxygen atoms in total. The average Bonchev–Trinajstić information content (AvgIpc) is 2.35. The maximum absolute atomic E-state index is 12.4. The molecule has 8 heteroatoms. The molecule has 0 bridgehead atoms. The maximum atomic E-state index is 12.4. The Labute approximate surface area is 122 Å². The van der Waals surface area contributed by atoms with Gasteiger partial charge in [0.05, 0.1) is 16.6 Å². The van der Waals surface area contributed by atoms with Crippen LogP contribution >= 0.6 is 0 Å². The number of sulfonamides is 1. The van der Waals surface area contributed by atoms with Gasteiger partial charge in [0.1, 0.15) is 0 Å². The second-order valence-corrected chi connectivity index (χ2v) is 6.83. The van der Waals surface area contributed by atoms with Crippen molar-refractivity contribution in [2.24, 2.45) is 5.92 Å². The van der Waals surface area contributed by atoms with Crippen LogP contribution in [-0.4, -0.2) is 26.2 Å². The van der Waals surface area contributed by atoms with Gasteiger partial charge in [-0.3, -0.25) is 0 Å². The number of aliphatic hydroxyl groups is 1. The van der Waals surface area contributed by atoms with E-state index in [-0.39, 0.29) is 17.4 Å². The van der Waals surface area contributed by atoms with Crippen molar-refractivity contribution in [2.45, 2.75) is 37.4 Å². The summed E-state index contributed by atoms with van der Waals surface area (Å²) in [6.45, 7) is 3.47. The van der Waals surface area contributed by atoms with Crippen molar-refractivity contribution in [1.29, 1.82) is 0 Å². The Morgan fingerprint density at radius 2 is 1.71 bits per heavy atom. The molecule has 2 N–H and O–H groups in total. The summed E-state index contributed by atoms with van der Waals surface area (Å²) in [4.78, 5) is -0.222. The minimum Gasteiger partial charge on any atom is -0.393 e. The Hall–Kier alpha value is -1.12. The predicted molar refractivity (Wildman–Crippen MR) is 72.1 cm³/mol. The van der Waals surface area contributed by atoms with E-state index in [4.69, 9.17) is 0 Å². The fourth-order valence-electron chi connectivity index (χ4n) is 1.82. The number of alkyl halides is 3. The molecule has 0 saturated heterocycles. The van der Waals surface area contributed by atoms with Crippen molar-refractivity contribution in [2.75, 3.05) is 6.54 Å². The fourth-order valence-corrected chi connectivity index (χ4v) is 2.99. The Morgan fingerprint density at radius 3 is 2.14 bits per heavy atom. The second kappa shape index (κ2) is 6.76. The van der Waals surface area contributed by atoms with E-state index < -0.39 is 27.9 Å². The molecule has 0 aromatic heterocycles. The maximum Gasteiger partial charge on any atom is 0.416 e. The topological polar surface area (TPSA) is 66.4 Å². The molecular formula is C13H18F3NO3S. The lowest BCUT2D eigenvalue weighted by Gasteiger charge is -2.14. The molecule has 2 atom stereocenters. The number of hydrogen-bond donors (Lipinski definition) is 2. The molecule has 120 valence electrons. The lowest BCUT2D eigenvalue weighted by atomic mass is 10.1. The summed E-state index contributed by atoms with van der Waals surface area (Å²) < 4.78 is 63.4. The third kappa shape index (κ3) is 5.64. The van der Waals surface area contributed by atoms with Gasteiger partial charge in [-0.2, -0.15) is 13.2 Å². The number of halogens is 3. The van der Waals surface area contributed by atoms with Crippen molar-refractivity contribution < 1.29 is 26.7 Å². The van der Waals surface area contributed by atoms with Crippen LogP contribution in [0.1, 0.15) is 25.8 Å². The summed E-state index contributed by atoms with van der Waals surface area (Å²) >= 11 is 0. The molecule has 0 aliphatic heterocycles. The minimum absolute atomic E-state index is 0.0887. The normalized spacial score (nSPS) is 15.7. The van der Waals surface area contributed by atoms with Gasteiger partial charge in [-0.05, 0) is 43.5 Å². The Balaban J connectivity index is 2.75. The van der Waals surface area contributed by atoms with Gasteiger partial charge < -0.3 is 5.11 Å². The van der Waals surface area contributed by atoms with Crippen molar-refractivity contribution in [1.82, 2.24) is 4.72 Å². The molecular weight excluding hydrogens is 307 g/mol. The number of hydrogen-bond acceptors (Lipinski definition) is 3. The highest BCUT2D eigenvalue weighted by Gasteiger charge is 2.30. The van der Waals surface area contributed by atoms with Gasteiger partial charge >= 0.3 is 6.18 Å². The standard InChI is InChI=1S/C13H18F3NO3S/c1-9(7-10(2)18)8-17-21(19,20)12-5-3-11(4-6-12)13(14,15)16/h3-6,9-10,17-18H,7-8H2,1-2H3. The van der Waals surface area contributed by atoms with Gasteiger partial charge in [-0.1, -0.05) is 6.92 Å². The molecule has 0 radical (unpaired) electrons. The molecule has 0 aliphatic rings. The van der Waals surface area contributed by atoms with Gasteiger partial charge in [0, 0.05) is 6.54 Å². The van der Waals surface area contributed by atoms with Gasteiger partial charge in [0.15, 0.2) is 0 Å². The number of rotatable bonds is 6. The Bertz CT molecular complexity index is 553. The summed E-state index contributed by atoms with van der Waals surface area (Å²) in [6.07, 6.45) is -4.62. The van der Waals surface area contributed by atoms with E-state index in [1.54, 1.807) is 13.8 Å². The van der Waals surface area contributed by atoms with E-state index in [1.165, 1.54) is 0 Å². The molecule has 0 fully saturated rings. The van der Waals surface area contributed by atoms with E-state index in [0.29, 0.717) is 6.42 Å². The number of benzene rings is 1. The van der Waals surface area contributed by atoms with Crippen LogP contribution in [0.2, 0.25) is 0 Å². The zero-order valence-electron chi connectivity index (χ0n) is 11.7. The van der Waals surface area contributed by atoms with E-state index >= 15 is 0 Å². The quantitative estimate of drug-likeness (QED) is 0.844. The second-order valence-electron chi connectivity index (χ2n) is 5.06. The first-order valence-electron chi connectivity index (χ1n) is 6.37. The molecule has 0 spiro atoms. The van der Waals surface area contributed by atoms with Crippen molar-refractivity contribution in [3.05, 3.63) is 29.8 Å². The lowest BCUT2D eigenvalue weighted by Crippen LogP contribution is -2.29. The van der Waals surface area contributed by atoms with Crippen molar-refractivity contribution >= 4 is 10.0 Å². The first kappa shape index (κ1) is 17.9. The Morgan fingerprint density at radius 1 is 1.19 bits per heavy atom. The van der Waals surface area contributed by atoms with Gasteiger partial charge in [0.25, 0.3) is 0 Å². The number of nitrogens with one attached hydrogen (secondary N) is 1. The van der Waals surface area contributed by atoms with Crippen molar-refractivity contribution in [3.8, 4) is 0 Å². The predicted octanol–water partition coefficient (Wildman–Crippen LogP) is 2.39. The molecule has 1 aromatic carbocycles. The Kier molecular flexibility index (Phi) is 5.77. The van der Waals surface area contributed by atoms with E-state index in [9.17, 15) is 26.7 Å². The smallest absolute Gasteiger partial charge is 0.393 e. The zero-order chi connectivity index (χ0) is 16.3. The SMILES string of the molecule is CC(O)CC(C)CNS(=O)(=O)c1ccc(C(F)(F)F)cc1. The van der Waals surface area contributed by atoms with E-state index in [2.05, 4.69) is 4.72 Å². The molecule has 0 saturated carbocycles. The molecule has 21 heavy (non-hydrogen) atoms. The highest BCUT2D eigenvalue weighted by molar-refractivity contribution is 7.89. The first-order valence-corrected chi connectivity index (χ1v) is 7.85. The third-order valence-electron chi connectivity index (χ3n) is 2.86. The van der Waals surface area contributed by atoms with E-state index in [0.717, 1.165) is 24.3 Å². The van der Waals surface area contributed by atoms with Crippen LogP contribution in [-0.2, 0) is 16.2 Å². The number of aliphatic hydroxyl groups excluding tert-OH is 1. The third-order valence-corrected chi connectivity index (χ3v) is 4.30. The zero-order valence-corrected chi connectivity index (χ0v) is 12.5. The molecule has 0 heterocycles. The van der Waals surface area contributed by atoms with Crippen LogP contribution < -0.4 is 4.72 Å². The van der Waals surface area contributed by atoms with E-state index in [1.807, 2.05) is 0 Å². The van der Waals surface area contributed by atoms with Crippen LogP contribution in [0.25, 0.3) is 0 Å². The highest BCUT2D eigenvalue weighted by atomic mass is 32.2. The molecule has 0 amide bonds. The van der Waals surface area contributed by atoms with Crippen LogP contribution in [0, 0.1) is 5.92 Å². The van der Waals surface area contributed by atoms with Gasteiger partial charge in [-0.25, -0.2) is 13.1 Å².